The van der Waals surface area contributed by atoms with Crippen LogP contribution in [0.1, 0.15) is 13.3 Å². The summed E-state index contributed by atoms with van der Waals surface area (Å²) in [6.07, 6.45) is 0.836. The van der Waals surface area contributed by atoms with Gasteiger partial charge >= 0.3 is 18.0 Å². The fourth-order valence-corrected chi connectivity index (χ4v) is 1.13. The molecule has 0 fully saturated rings. The molecule has 0 aromatic rings. The maximum Gasteiger partial charge on any atom is 0.326 e. The standard InChI is InChI=1S/C10H16N2O5/c1-3-5-12(4-2)10(17)11-7(9(15)16)6-8(13)14/h3,7H,1,4-6H2,2H3,(H,11,17)(H,13,14)(H,15,16)/t7-/m0/s1. The molecule has 0 aromatic heterocycles. The van der Waals surface area contributed by atoms with E-state index in [1.165, 1.54) is 11.0 Å². The molecule has 0 aliphatic heterocycles. The van der Waals surface area contributed by atoms with E-state index in [0.29, 0.717) is 6.54 Å². The van der Waals surface area contributed by atoms with Crippen LogP contribution in [0.25, 0.3) is 0 Å². The van der Waals surface area contributed by atoms with Gasteiger partial charge in [0.15, 0.2) is 0 Å². The molecule has 0 saturated carbocycles. The summed E-state index contributed by atoms with van der Waals surface area (Å²) in [5.74, 6) is -2.67. The second-order valence-corrected chi connectivity index (χ2v) is 3.27. The van der Waals surface area contributed by atoms with E-state index < -0.39 is 30.4 Å². The Labute approximate surface area is 98.7 Å². The number of amides is 2. The molecule has 0 heterocycles. The summed E-state index contributed by atoms with van der Waals surface area (Å²) >= 11 is 0. The first kappa shape index (κ1) is 14.9. The van der Waals surface area contributed by atoms with Crippen molar-refractivity contribution in [3.63, 3.8) is 0 Å². The van der Waals surface area contributed by atoms with Crippen LogP contribution in [-0.2, 0) is 9.59 Å². The van der Waals surface area contributed by atoms with Crippen LogP contribution >= 0.6 is 0 Å². The summed E-state index contributed by atoms with van der Waals surface area (Å²) in [6, 6.07) is -2.06. The largest absolute Gasteiger partial charge is 0.481 e. The molecular weight excluding hydrogens is 228 g/mol. The molecule has 0 saturated heterocycles. The third-order valence-corrected chi connectivity index (χ3v) is 1.99. The molecule has 2 amide bonds. The van der Waals surface area contributed by atoms with Crippen molar-refractivity contribution in [1.29, 1.82) is 0 Å². The van der Waals surface area contributed by atoms with Gasteiger partial charge in [0.1, 0.15) is 6.04 Å². The van der Waals surface area contributed by atoms with Gasteiger partial charge in [0.2, 0.25) is 0 Å². The highest BCUT2D eigenvalue weighted by Crippen LogP contribution is 1.96. The van der Waals surface area contributed by atoms with Crippen molar-refractivity contribution in [3.05, 3.63) is 12.7 Å². The first-order valence-corrected chi connectivity index (χ1v) is 5.03. The van der Waals surface area contributed by atoms with Gasteiger partial charge in [-0.1, -0.05) is 6.08 Å². The molecule has 0 rings (SSSR count). The van der Waals surface area contributed by atoms with Crippen molar-refractivity contribution in [1.82, 2.24) is 10.2 Å². The summed E-state index contributed by atoms with van der Waals surface area (Å²) in [4.78, 5) is 34.0. The second-order valence-electron chi connectivity index (χ2n) is 3.27. The van der Waals surface area contributed by atoms with Crippen LogP contribution in [0.3, 0.4) is 0 Å². The van der Waals surface area contributed by atoms with Gasteiger partial charge in [-0.25, -0.2) is 9.59 Å². The van der Waals surface area contributed by atoms with Gasteiger partial charge in [-0.2, -0.15) is 0 Å². The van der Waals surface area contributed by atoms with E-state index in [0.717, 1.165) is 0 Å². The third kappa shape index (κ3) is 5.55. The molecule has 3 N–H and O–H groups in total. The fourth-order valence-electron chi connectivity index (χ4n) is 1.13. The minimum absolute atomic E-state index is 0.266. The van der Waals surface area contributed by atoms with E-state index in [4.69, 9.17) is 10.2 Å². The maximum absolute atomic E-state index is 11.6. The van der Waals surface area contributed by atoms with Crippen molar-refractivity contribution >= 4 is 18.0 Å². The molecular formula is C10H16N2O5. The summed E-state index contributed by atoms with van der Waals surface area (Å²) < 4.78 is 0. The molecule has 0 aliphatic rings. The molecule has 0 aliphatic carbocycles. The quantitative estimate of drug-likeness (QED) is 0.552. The number of carboxylic acids is 2. The average molecular weight is 244 g/mol. The summed E-state index contributed by atoms with van der Waals surface area (Å²) in [5.41, 5.74) is 0. The summed E-state index contributed by atoms with van der Waals surface area (Å²) in [5, 5.41) is 19.4. The molecule has 96 valence electrons. The number of nitrogens with zero attached hydrogens (tertiary/aromatic N) is 1. The van der Waals surface area contributed by atoms with Crippen LogP contribution in [0, 0.1) is 0 Å². The van der Waals surface area contributed by atoms with E-state index in [9.17, 15) is 14.4 Å². The fraction of sp³-hybridized carbons (Fsp3) is 0.500. The van der Waals surface area contributed by atoms with Crippen LogP contribution in [-0.4, -0.2) is 52.2 Å². The Balaban J connectivity index is 4.52. The minimum Gasteiger partial charge on any atom is -0.481 e. The number of aliphatic carboxylic acids is 2. The number of urea groups is 1. The molecule has 0 bridgehead atoms. The summed E-state index contributed by atoms with van der Waals surface area (Å²) in [6.45, 7) is 5.82. The Morgan fingerprint density at radius 3 is 2.35 bits per heavy atom. The number of hydrogen-bond acceptors (Lipinski definition) is 3. The van der Waals surface area contributed by atoms with Crippen LogP contribution in [0.4, 0.5) is 4.79 Å². The number of rotatable bonds is 7. The predicted octanol–water partition coefficient (Wildman–Crippen LogP) is 0.132. The number of carbonyl (C=O) groups excluding carboxylic acids is 1. The maximum atomic E-state index is 11.6. The zero-order chi connectivity index (χ0) is 13.4. The van der Waals surface area contributed by atoms with E-state index in [-0.39, 0.29) is 6.54 Å². The number of likely N-dealkylation sites (N-methyl/N-ethyl adjacent to an activating group) is 1. The number of nitrogens with one attached hydrogen (secondary N) is 1. The molecule has 1 atom stereocenters. The number of carboxylic acid groups (broad SMARTS) is 2. The highest BCUT2D eigenvalue weighted by molar-refractivity contribution is 5.86. The minimum atomic E-state index is -1.43. The lowest BCUT2D eigenvalue weighted by Crippen LogP contribution is -2.48. The van der Waals surface area contributed by atoms with E-state index in [2.05, 4.69) is 11.9 Å². The number of carbonyl (C=O) groups is 3. The lowest BCUT2D eigenvalue weighted by molar-refractivity contribution is -0.145. The first-order valence-electron chi connectivity index (χ1n) is 5.03. The lowest BCUT2D eigenvalue weighted by atomic mass is 10.2. The Morgan fingerprint density at radius 1 is 1.41 bits per heavy atom. The highest BCUT2D eigenvalue weighted by Gasteiger charge is 2.24. The van der Waals surface area contributed by atoms with Crippen molar-refractivity contribution in [2.45, 2.75) is 19.4 Å². The smallest absolute Gasteiger partial charge is 0.326 e. The molecule has 7 heteroatoms. The van der Waals surface area contributed by atoms with Crippen molar-refractivity contribution in [3.8, 4) is 0 Å². The third-order valence-electron chi connectivity index (χ3n) is 1.99. The Kier molecular flexibility index (Phi) is 6.39. The van der Waals surface area contributed by atoms with Crippen molar-refractivity contribution in [2.24, 2.45) is 0 Å². The van der Waals surface area contributed by atoms with Crippen LogP contribution in [0.2, 0.25) is 0 Å². The second kappa shape index (κ2) is 7.26. The van der Waals surface area contributed by atoms with Gasteiger partial charge in [0.05, 0.1) is 6.42 Å². The van der Waals surface area contributed by atoms with Gasteiger partial charge in [0, 0.05) is 13.1 Å². The van der Waals surface area contributed by atoms with E-state index >= 15 is 0 Å². The van der Waals surface area contributed by atoms with Crippen LogP contribution < -0.4 is 5.32 Å². The van der Waals surface area contributed by atoms with Gasteiger partial charge in [-0.05, 0) is 6.92 Å². The molecule has 17 heavy (non-hydrogen) atoms. The Hall–Kier alpha value is -2.05. The van der Waals surface area contributed by atoms with Gasteiger partial charge in [-0.3, -0.25) is 4.79 Å². The monoisotopic (exact) mass is 244 g/mol. The Bertz CT molecular complexity index is 316. The van der Waals surface area contributed by atoms with Gasteiger partial charge in [0.25, 0.3) is 0 Å². The van der Waals surface area contributed by atoms with Crippen molar-refractivity contribution < 1.29 is 24.6 Å². The molecule has 0 spiro atoms. The normalized spacial score (nSPS) is 11.4. The molecule has 7 nitrogen and oxygen atoms in total. The zero-order valence-corrected chi connectivity index (χ0v) is 9.55. The molecule has 0 radical (unpaired) electrons. The zero-order valence-electron chi connectivity index (χ0n) is 9.55. The van der Waals surface area contributed by atoms with E-state index in [1.54, 1.807) is 6.92 Å². The Morgan fingerprint density at radius 2 is 2.00 bits per heavy atom. The number of hydrogen-bond donors (Lipinski definition) is 3. The van der Waals surface area contributed by atoms with Crippen LogP contribution in [0.15, 0.2) is 12.7 Å². The van der Waals surface area contributed by atoms with Crippen molar-refractivity contribution in [2.75, 3.05) is 13.1 Å². The molecule has 0 unspecified atom stereocenters. The first-order chi connectivity index (χ1) is 7.92. The SMILES string of the molecule is C=CCN(CC)C(=O)N[C@@H](CC(=O)O)C(=O)O. The topological polar surface area (TPSA) is 107 Å². The van der Waals surface area contributed by atoms with Crippen LogP contribution in [0.5, 0.6) is 0 Å². The van der Waals surface area contributed by atoms with Gasteiger partial charge in [-0.15, -0.1) is 6.58 Å². The molecule has 0 aromatic carbocycles. The van der Waals surface area contributed by atoms with Gasteiger partial charge < -0.3 is 20.4 Å². The highest BCUT2D eigenvalue weighted by atomic mass is 16.4. The summed E-state index contributed by atoms with van der Waals surface area (Å²) in [7, 11) is 0. The van der Waals surface area contributed by atoms with E-state index in [1.807, 2.05) is 0 Å². The lowest BCUT2D eigenvalue weighted by Gasteiger charge is -2.22. The predicted molar refractivity (Wildman–Crippen MR) is 59.7 cm³/mol. The average Bonchev–Trinajstić information content (AvgIpc) is 2.23.